The molecular weight excluding hydrogens is 192 g/mol. The van der Waals surface area contributed by atoms with Crippen LogP contribution in [0.2, 0.25) is 5.02 Å². The van der Waals surface area contributed by atoms with Crippen LogP contribution in [-0.4, -0.2) is 12.2 Å². The Morgan fingerprint density at radius 2 is 1.92 bits per heavy atom. The average Bonchev–Trinajstić information content (AvgIpc) is 2.09. The highest BCUT2D eigenvalue weighted by molar-refractivity contribution is 7.80. The maximum Gasteiger partial charge on any atom is 0.170 e. The monoisotopic (exact) mass is 200 g/mol. The van der Waals surface area contributed by atoms with Gasteiger partial charge in [0.15, 0.2) is 5.11 Å². The molecule has 0 aromatic heterocycles. The molecule has 4 heteroatoms. The Morgan fingerprint density at radius 3 is 2.42 bits per heavy atom. The fourth-order valence-corrected chi connectivity index (χ4v) is 0.971. The molecule has 2 nitrogen and oxygen atoms in total. The molecule has 0 aliphatic carbocycles. The Labute approximate surface area is 81.9 Å². The van der Waals surface area contributed by atoms with Crippen LogP contribution in [0.3, 0.4) is 0 Å². The van der Waals surface area contributed by atoms with Gasteiger partial charge in [0, 0.05) is 17.8 Å². The van der Waals surface area contributed by atoms with Gasteiger partial charge in [0.25, 0.3) is 0 Å². The zero-order chi connectivity index (χ0) is 8.97. The van der Waals surface area contributed by atoms with Gasteiger partial charge in [-0.2, -0.15) is 0 Å². The molecule has 0 aliphatic heterocycles. The minimum atomic E-state index is 0.595. The van der Waals surface area contributed by atoms with Gasteiger partial charge in [0.1, 0.15) is 0 Å². The minimum Gasteiger partial charge on any atom is -0.366 e. The van der Waals surface area contributed by atoms with Gasteiger partial charge >= 0.3 is 0 Å². The summed E-state index contributed by atoms with van der Waals surface area (Å²) in [5, 5.41) is 7.11. The number of halogens is 1. The zero-order valence-corrected chi connectivity index (χ0v) is 8.17. The molecule has 12 heavy (non-hydrogen) atoms. The van der Waals surface area contributed by atoms with Gasteiger partial charge < -0.3 is 10.6 Å². The average molecular weight is 201 g/mol. The van der Waals surface area contributed by atoms with E-state index in [1.807, 2.05) is 24.3 Å². The van der Waals surface area contributed by atoms with Crippen molar-refractivity contribution in [2.45, 2.75) is 0 Å². The number of rotatable bonds is 1. The lowest BCUT2D eigenvalue weighted by atomic mass is 10.3. The van der Waals surface area contributed by atoms with Crippen molar-refractivity contribution in [3.05, 3.63) is 29.3 Å². The number of hydrogen-bond donors (Lipinski definition) is 2. The number of benzene rings is 1. The summed E-state index contributed by atoms with van der Waals surface area (Å²) in [4.78, 5) is 0. The third kappa shape index (κ3) is 2.68. The summed E-state index contributed by atoms with van der Waals surface area (Å²) in [6, 6.07) is 7.35. The van der Waals surface area contributed by atoms with E-state index < -0.39 is 0 Å². The second-order valence-corrected chi connectivity index (χ2v) is 3.06. The van der Waals surface area contributed by atoms with Crippen molar-refractivity contribution in [3.63, 3.8) is 0 Å². The van der Waals surface area contributed by atoms with Crippen LogP contribution in [0.1, 0.15) is 0 Å². The summed E-state index contributed by atoms with van der Waals surface area (Å²) < 4.78 is 0. The van der Waals surface area contributed by atoms with Crippen molar-refractivity contribution < 1.29 is 0 Å². The van der Waals surface area contributed by atoms with Crippen LogP contribution in [0.15, 0.2) is 24.3 Å². The molecule has 0 amide bonds. The van der Waals surface area contributed by atoms with Crippen molar-refractivity contribution in [3.8, 4) is 0 Å². The van der Waals surface area contributed by atoms with Crippen LogP contribution in [-0.2, 0) is 0 Å². The van der Waals surface area contributed by atoms with Crippen molar-refractivity contribution in [2.75, 3.05) is 12.4 Å². The van der Waals surface area contributed by atoms with Crippen molar-refractivity contribution in [2.24, 2.45) is 0 Å². The molecule has 0 radical (unpaired) electrons. The van der Waals surface area contributed by atoms with E-state index in [1.54, 1.807) is 7.05 Å². The first kappa shape index (κ1) is 9.29. The Bertz CT molecular complexity index is 271. The third-order valence-electron chi connectivity index (χ3n) is 1.33. The lowest BCUT2D eigenvalue weighted by molar-refractivity contribution is 1.20. The first-order chi connectivity index (χ1) is 5.72. The van der Waals surface area contributed by atoms with Gasteiger partial charge in [-0.15, -0.1) is 0 Å². The van der Waals surface area contributed by atoms with E-state index in [-0.39, 0.29) is 0 Å². The van der Waals surface area contributed by atoms with Gasteiger partial charge in [0.2, 0.25) is 0 Å². The highest BCUT2D eigenvalue weighted by atomic mass is 35.5. The van der Waals surface area contributed by atoms with Crippen LogP contribution in [0.5, 0.6) is 0 Å². The zero-order valence-electron chi connectivity index (χ0n) is 6.60. The fourth-order valence-electron chi connectivity index (χ4n) is 0.727. The summed E-state index contributed by atoms with van der Waals surface area (Å²) in [7, 11) is 1.77. The largest absolute Gasteiger partial charge is 0.366 e. The molecule has 1 aromatic rings. The fraction of sp³-hybridized carbons (Fsp3) is 0.125. The number of thiocarbonyl (C=S) groups is 1. The first-order valence-corrected chi connectivity index (χ1v) is 4.25. The molecule has 0 bridgehead atoms. The molecule has 0 spiro atoms. The van der Waals surface area contributed by atoms with Gasteiger partial charge in [-0.3, -0.25) is 0 Å². The molecule has 0 atom stereocenters. The Balaban J connectivity index is 2.64. The van der Waals surface area contributed by atoms with Crippen LogP contribution < -0.4 is 10.6 Å². The van der Waals surface area contributed by atoms with Crippen LogP contribution in [0, 0.1) is 0 Å². The maximum absolute atomic E-state index is 5.71. The number of nitrogens with one attached hydrogen (secondary N) is 2. The predicted octanol–water partition coefficient (Wildman–Crippen LogP) is 2.26. The first-order valence-electron chi connectivity index (χ1n) is 3.46. The highest BCUT2D eigenvalue weighted by Crippen LogP contribution is 2.12. The molecule has 0 aliphatic rings. The van der Waals surface area contributed by atoms with E-state index in [1.165, 1.54) is 0 Å². The second kappa shape index (κ2) is 4.28. The molecule has 64 valence electrons. The van der Waals surface area contributed by atoms with Crippen LogP contribution in [0.4, 0.5) is 5.69 Å². The summed E-state index contributed by atoms with van der Waals surface area (Å²) >= 11 is 10.6. The molecule has 1 rings (SSSR count). The molecular formula is C8H9ClN2S. The highest BCUT2D eigenvalue weighted by Gasteiger charge is 1.93. The standard InChI is InChI=1S/C8H9ClN2S/c1-10-8(12)11-7-4-2-6(9)3-5-7/h2-5H,1H3,(H2,10,11,12). The maximum atomic E-state index is 5.71. The SMILES string of the molecule is CNC(=S)Nc1ccc(Cl)cc1. The quantitative estimate of drug-likeness (QED) is 0.681. The van der Waals surface area contributed by atoms with Gasteiger partial charge in [-0.25, -0.2) is 0 Å². The van der Waals surface area contributed by atoms with Crippen molar-refractivity contribution in [1.29, 1.82) is 0 Å². The second-order valence-electron chi connectivity index (χ2n) is 2.21. The Morgan fingerprint density at radius 1 is 1.33 bits per heavy atom. The molecule has 0 saturated heterocycles. The van der Waals surface area contributed by atoms with E-state index in [2.05, 4.69) is 10.6 Å². The molecule has 2 N–H and O–H groups in total. The molecule has 0 saturated carbocycles. The van der Waals surface area contributed by atoms with E-state index in [4.69, 9.17) is 23.8 Å². The Kier molecular flexibility index (Phi) is 3.31. The van der Waals surface area contributed by atoms with Crippen molar-refractivity contribution in [1.82, 2.24) is 5.32 Å². The lowest BCUT2D eigenvalue weighted by Crippen LogP contribution is -2.23. The van der Waals surface area contributed by atoms with E-state index in [0.717, 1.165) is 10.7 Å². The van der Waals surface area contributed by atoms with Crippen LogP contribution in [0.25, 0.3) is 0 Å². The Hall–Kier alpha value is -0.800. The smallest absolute Gasteiger partial charge is 0.170 e. The number of anilines is 1. The molecule has 0 heterocycles. The topological polar surface area (TPSA) is 24.1 Å². The summed E-state index contributed by atoms with van der Waals surface area (Å²) in [6.45, 7) is 0. The lowest BCUT2D eigenvalue weighted by Gasteiger charge is -2.05. The summed E-state index contributed by atoms with van der Waals surface area (Å²) in [5.74, 6) is 0. The van der Waals surface area contributed by atoms with E-state index in [9.17, 15) is 0 Å². The van der Waals surface area contributed by atoms with E-state index in [0.29, 0.717) is 5.11 Å². The minimum absolute atomic E-state index is 0.595. The summed E-state index contributed by atoms with van der Waals surface area (Å²) in [6.07, 6.45) is 0. The van der Waals surface area contributed by atoms with E-state index >= 15 is 0 Å². The normalized spacial score (nSPS) is 9.17. The van der Waals surface area contributed by atoms with Gasteiger partial charge in [0.05, 0.1) is 0 Å². The van der Waals surface area contributed by atoms with Gasteiger partial charge in [-0.1, -0.05) is 11.6 Å². The molecule has 0 fully saturated rings. The number of hydrogen-bond acceptors (Lipinski definition) is 1. The van der Waals surface area contributed by atoms with Crippen molar-refractivity contribution >= 4 is 34.6 Å². The third-order valence-corrected chi connectivity index (χ3v) is 1.89. The van der Waals surface area contributed by atoms with Gasteiger partial charge in [-0.05, 0) is 36.5 Å². The van der Waals surface area contributed by atoms with Crippen LogP contribution >= 0.6 is 23.8 Å². The summed E-state index contributed by atoms with van der Waals surface area (Å²) in [5.41, 5.74) is 0.929. The molecule has 1 aromatic carbocycles. The molecule has 0 unspecified atom stereocenters. The predicted molar refractivity (Wildman–Crippen MR) is 56.7 cm³/mol.